The molecule has 1 aromatic heterocycles. The van der Waals surface area contributed by atoms with Crippen LogP contribution in [0.1, 0.15) is 28.5 Å². The van der Waals surface area contributed by atoms with Gasteiger partial charge in [-0.2, -0.15) is 0 Å². The van der Waals surface area contributed by atoms with Crippen molar-refractivity contribution in [2.75, 3.05) is 6.61 Å². The second-order valence-electron chi connectivity index (χ2n) is 2.86. The van der Waals surface area contributed by atoms with E-state index in [1.54, 1.807) is 19.2 Å². The zero-order chi connectivity index (χ0) is 10.6. The zero-order valence-electron chi connectivity index (χ0n) is 8.62. The summed E-state index contributed by atoms with van der Waals surface area (Å²) in [7, 11) is 0. The van der Waals surface area contributed by atoms with Crippen LogP contribution in [0.5, 0.6) is 0 Å². The molecular formula is C10H13Cl2NO2. The van der Waals surface area contributed by atoms with Crippen LogP contribution in [-0.4, -0.2) is 17.6 Å². The predicted octanol–water partition coefficient (Wildman–Crippen LogP) is 2.73. The minimum atomic E-state index is -0.362. The number of ether oxygens (including phenoxy) is 1. The Morgan fingerprint density at radius 1 is 1.60 bits per heavy atom. The molecule has 0 fully saturated rings. The molecule has 0 aromatic carbocycles. The molecule has 84 valence electrons. The molecule has 1 heterocycles. The van der Waals surface area contributed by atoms with Gasteiger partial charge in [0.05, 0.1) is 23.7 Å². The lowest BCUT2D eigenvalue weighted by Gasteiger charge is -2.06. The molecule has 0 N–H and O–H groups in total. The highest BCUT2D eigenvalue weighted by Gasteiger charge is 2.12. The average Bonchev–Trinajstić information content (AvgIpc) is 2.18. The monoisotopic (exact) mass is 249 g/mol. The number of hydrogen-bond donors (Lipinski definition) is 0. The third-order valence-electron chi connectivity index (χ3n) is 1.73. The van der Waals surface area contributed by atoms with Crippen LogP contribution in [0.2, 0.25) is 0 Å². The first-order valence-corrected chi connectivity index (χ1v) is 4.91. The van der Waals surface area contributed by atoms with Crippen LogP contribution >= 0.6 is 24.0 Å². The average molecular weight is 250 g/mol. The first kappa shape index (κ1) is 14.2. The van der Waals surface area contributed by atoms with Gasteiger partial charge in [0.25, 0.3) is 0 Å². The van der Waals surface area contributed by atoms with E-state index >= 15 is 0 Å². The van der Waals surface area contributed by atoms with E-state index in [0.29, 0.717) is 17.9 Å². The fourth-order valence-electron chi connectivity index (χ4n) is 1.09. The van der Waals surface area contributed by atoms with Crippen LogP contribution in [0.25, 0.3) is 0 Å². The molecule has 0 aliphatic carbocycles. The van der Waals surface area contributed by atoms with Gasteiger partial charge >= 0.3 is 5.97 Å². The van der Waals surface area contributed by atoms with Gasteiger partial charge in [0.15, 0.2) is 0 Å². The number of aryl methyl sites for hydroxylation is 1. The van der Waals surface area contributed by atoms with Gasteiger partial charge in [-0.05, 0) is 25.5 Å². The molecule has 0 aliphatic rings. The Morgan fingerprint density at radius 3 is 2.80 bits per heavy atom. The van der Waals surface area contributed by atoms with Crippen LogP contribution in [0.15, 0.2) is 12.3 Å². The minimum Gasteiger partial charge on any atom is -0.462 e. The van der Waals surface area contributed by atoms with Crippen molar-refractivity contribution >= 4 is 30.0 Å². The van der Waals surface area contributed by atoms with Crippen molar-refractivity contribution in [3.63, 3.8) is 0 Å². The molecule has 0 spiro atoms. The lowest BCUT2D eigenvalue weighted by atomic mass is 10.1. The van der Waals surface area contributed by atoms with E-state index in [2.05, 4.69) is 4.98 Å². The molecule has 0 bridgehead atoms. The third kappa shape index (κ3) is 3.68. The van der Waals surface area contributed by atoms with Crippen molar-refractivity contribution in [3.8, 4) is 0 Å². The number of aromatic nitrogens is 1. The van der Waals surface area contributed by atoms with Crippen LogP contribution in [0.4, 0.5) is 0 Å². The molecule has 15 heavy (non-hydrogen) atoms. The molecule has 0 atom stereocenters. The van der Waals surface area contributed by atoms with Gasteiger partial charge in [-0.25, -0.2) is 4.79 Å². The number of nitrogens with zero attached hydrogens (tertiary/aromatic N) is 1. The Bertz CT molecular complexity index is 342. The van der Waals surface area contributed by atoms with Gasteiger partial charge in [-0.15, -0.1) is 24.0 Å². The van der Waals surface area contributed by atoms with E-state index in [1.165, 1.54) is 0 Å². The molecular weight excluding hydrogens is 237 g/mol. The number of esters is 1. The third-order valence-corrected chi connectivity index (χ3v) is 1.98. The summed E-state index contributed by atoms with van der Waals surface area (Å²) in [5.41, 5.74) is 1.94. The molecule has 0 saturated heterocycles. The number of carbonyl (C=O) groups is 1. The first-order valence-electron chi connectivity index (χ1n) is 4.37. The van der Waals surface area contributed by atoms with Gasteiger partial charge in [-0.1, -0.05) is 0 Å². The molecule has 0 saturated carbocycles. The Kier molecular flexibility index (Phi) is 6.29. The van der Waals surface area contributed by atoms with Crippen LogP contribution in [0.3, 0.4) is 0 Å². The minimum absolute atomic E-state index is 0. The fraction of sp³-hybridized carbons (Fsp3) is 0.400. The molecule has 1 aromatic rings. The maximum atomic E-state index is 11.5. The SMILES string of the molecule is CCOC(=O)c1cc(C)cnc1CCl.Cl. The zero-order valence-corrected chi connectivity index (χ0v) is 10.2. The molecule has 0 aliphatic heterocycles. The second-order valence-corrected chi connectivity index (χ2v) is 3.13. The fourth-order valence-corrected chi connectivity index (χ4v) is 1.30. The van der Waals surface area contributed by atoms with Crippen LogP contribution < -0.4 is 0 Å². The number of hydrogen-bond acceptors (Lipinski definition) is 3. The van der Waals surface area contributed by atoms with Gasteiger partial charge in [0.2, 0.25) is 0 Å². The highest BCUT2D eigenvalue weighted by Crippen LogP contribution is 2.12. The van der Waals surface area contributed by atoms with Crippen LogP contribution in [-0.2, 0) is 10.6 Å². The number of carbonyl (C=O) groups excluding carboxylic acids is 1. The van der Waals surface area contributed by atoms with Gasteiger partial charge in [-0.3, -0.25) is 4.98 Å². The van der Waals surface area contributed by atoms with E-state index in [4.69, 9.17) is 16.3 Å². The first-order chi connectivity index (χ1) is 6.69. The quantitative estimate of drug-likeness (QED) is 0.611. The summed E-state index contributed by atoms with van der Waals surface area (Å²) in [6.07, 6.45) is 1.68. The summed E-state index contributed by atoms with van der Waals surface area (Å²) in [4.78, 5) is 15.5. The second kappa shape index (κ2) is 6.64. The van der Waals surface area contributed by atoms with E-state index in [1.807, 2.05) is 6.92 Å². The number of rotatable bonds is 3. The van der Waals surface area contributed by atoms with E-state index in [9.17, 15) is 4.79 Å². The maximum Gasteiger partial charge on any atom is 0.340 e. The van der Waals surface area contributed by atoms with Crippen molar-refractivity contribution in [2.45, 2.75) is 19.7 Å². The highest BCUT2D eigenvalue weighted by molar-refractivity contribution is 6.17. The van der Waals surface area contributed by atoms with E-state index in [0.717, 1.165) is 5.56 Å². The van der Waals surface area contributed by atoms with Crippen molar-refractivity contribution in [2.24, 2.45) is 0 Å². The maximum absolute atomic E-state index is 11.5. The van der Waals surface area contributed by atoms with Gasteiger partial charge in [0.1, 0.15) is 0 Å². The van der Waals surface area contributed by atoms with Gasteiger partial charge < -0.3 is 4.74 Å². The summed E-state index contributed by atoms with van der Waals surface area (Å²) in [5.74, 6) is -0.145. The highest BCUT2D eigenvalue weighted by atomic mass is 35.5. The largest absolute Gasteiger partial charge is 0.462 e. The van der Waals surface area contributed by atoms with Crippen molar-refractivity contribution in [3.05, 3.63) is 29.1 Å². The van der Waals surface area contributed by atoms with Crippen molar-refractivity contribution in [1.82, 2.24) is 4.98 Å². The summed E-state index contributed by atoms with van der Waals surface area (Å²) in [5, 5.41) is 0. The Balaban J connectivity index is 0.00000196. The summed E-state index contributed by atoms with van der Waals surface area (Å²) in [6.45, 7) is 3.99. The topological polar surface area (TPSA) is 39.2 Å². The standard InChI is InChI=1S/C10H12ClNO2.ClH/c1-3-14-10(13)8-4-7(2)6-12-9(8)5-11;/h4,6H,3,5H2,1-2H3;1H. The Hall–Kier alpha value is -0.800. The van der Waals surface area contributed by atoms with E-state index in [-0.39, 0.29) is 24.3 Å². The predicted molar refractivity (Wildman–Crippen MR) is 61.7 cm³/mol. The molecule has 0 amide bonds. The molecule has 1 rings (SSSR count). The molecule has 0 radical (unpaired) electrons. The number of halogens is 2. The number of alkyl halides is 1. The number of pyridine rings is 1. The lowest BCUT2D eigenvalue weighted by Crippen LogP contribution is -2.09. The molecule has 5 heteroatoms. The van der Waals surface area contributed by atoms with Crippen molar-refractivity contribution < 1.29 is 9.53 Å². The van der Waals surface area contributed by atoms with Crippen LogP contribution in [0, 0.1) is 6.92 Å². The van der Waals surface area contributed by atoms with E-state index < -0.39 is 0 Å². The summed E-state index contributed by atoms with van der Waals surface area (Å²) < 4.78 is 4.89. The Morgan fingerprint density at radius 2 is 2.27 bits per heavy atom. The normalized spacial score (nSPS) is 9.27. The lowest BCUT2D eigenvalue weighted by molar-refractivity contribution is 0.0524. The summed E-state index contributed by atoms with van der Waals surface area (Å²) in [6, 6.07) is 1.74. The Labute approximate surface area is 100 Å². The van der Waals surface area contributed by atoms with Gasteiger partial charge in [0, 0.05) is 6.20 Å². The smallest absolute Gasteiger partial charge is 0.340 e. The summed E-state index contributed by atoms with van der Waals surface area (Å²) >= 11 is 5.66. The molecule has 3 nitrogen and oxygen atoms in total. The van der Waals surface area contributed by atoms with Crippen molar-refractivity contribution in [1.29, 1.82) is 0 Å². The molecule has 0 unspecified atom stereocenters.